The minimum atomic E-state index is -0.486. The summed E-state index contributed by atoms with van der Waals surface area (Å²) in [5.41, 5.74) is 0. The van der Waals surface area contributed by atoms with Crippen LogP contribution in [-0.2, 0) is 9.47 Å². The van der Waals surface area contributed by atoms with Crippen molar-refractivity contribution in [2.75, 3.05) is 13.2 Å². The highest BCUT2D eigenvalue weighted by atomic mass is 16.7. The highest BCUT2D eigenvalue weighted by molar-refractivity contribution is 5.59. The lowest BCUT2D eigenvalue weighted by molar-refractivity contribution is 0.0529. The molecule has 0 heterocycles. The number of allylic oxidation sites excluding steroid dienone is 4. The molecule has 0 aliphatic heterocycles. The van der Waals surface area contributed by atoms with E-state index in [-0.39, 0.29) is 0 Å². The lowest BCUT2D eigenvalue weighted by Crippen LogP contribution is -2.09. The van der Waals surface area contributed by atoms with Gasteiger partial charge in [0, 0.05) is 0 Å². The minimum absolute atomic E-state index is 0.486. The molecule has 0 aliphatic rings. The van der Waals surface area contributed by atoms with E-state index in [2.05, 4.69) is 38.2 Å². The molecular formula is C37H70O3. The molecule has 0 aromatic carbocycles. The Balaban J connectivity index is 3.22. The molecule has 0 N–H and O–H groups in total. The normalized spacial score (nSPS) is 11.7. The van der Waals surface area contributed by atoms with Crippen molar-refractivity contribution in [2.24, 2.45) is 0 Å². The van der Waals surface area contributed by atoms with Gasteiger partial charge in [-0.05, 0) is 64.2 Å². The zero-order valence-corrected chi connectivity index (χ0v) is 27.2. The van der Waals surface area contributed by atoms with Crippen molar-refractivity contribution in [3.05, 3.63) is 24.3 Å². The summed E-state index contributed by atoms with van der Waals surface area (Å²) in [7, 11) is 0. The van der Waals surface area contributed by atoms with Crippen LogP contribution in [0.1, 0.15) is 194 Å². The van der Waals surface area contributed by atoms with Crippen LogP contribution >= 0.6 is 0 Å². The van der Waals surface area contributed by atoms with Crippen molar-refractivity contribution in [1.29, 1.82) is 0 Å². The molecule has 0 fully saturated rings. The van der Waals surface area contributed by atoms with E-state index in [0.717, 1.165) is 25.7 Å². The van der Waals surface area contributed by atoms with Crippen LogP contribution in [-0.4, -0.2) is 19.4 Å². The van der Waals surface area contributed by atoms with Crippen LogP contribution in [0.3, 0.4) is 0 Å². The number of unbranched alkanes of at least 4 members (excludes halogenated alkanes) is 24. The standard InChI is InChI=1S/C37H70O3/c1-3-5-7-9-11-13-15-17-19-21-23-25-27-29-31-33-35-39-37(38)40-36-34-32-30-28-26-24-22-20-18-16-14-12-10-8-6-4-2/h17-20H,3-16,21-36H2,1-2H3/b19-17-,20-18-. The van der Waals surface area contributed by atoms with Crippen LogP contribution in [0.4, 0.5) is 4.79 Å². The van der Waals surface area contributed by atoms with Crippen LogP contribution in [0, 0.1) is 0 Å². The third kappa shape index (κ3) is 34.8. The molecule has 0 spiro atoms. The quantitative estimate of drug-likeness (QED) is 0.0464. The summed E-state index contributed by atoms with van der Waals surface area (Å²) in [5.74, 6) is 0. The van der Waals surface area contributed by atoms with E-state index >= 15 is 0 Å². The molecule has 0 rings (SSSR count). The van der Waals surface area contributed by atoms with Gasteiger partial charge in [0.05, 0.1) is 13.2 Å². The molecule has 0 aliphatic carbocycles. The van der Waals surface area contributed by atoms with Gasteiger partial charge in [-0.25, -0.2) is 4.79 Å². The number of hydrogen-bond acceptors (Lipinski definition) is 3. The lowest BCUT2D eigenvalue weighted by Gasteiger charge is -2.06. The predicted molar refractivity (Wildman–Crippen MR) is 176 cm³/mol. The second kappa shape index (κ2) is 35.8. The Morgan fingerprint density at radius 1 is 0.375 bits per heavy atom. The SMILES string of the molecule is CCCCCCCC/C=C\CCCCCCCCOC(=O)OCCCCCCCC/C=C\CCCCCCCC. The third-order valence-corrected chi connectivity index (χ3v) is 7.75. The highest BCUT2D eigenvalue weighted by Gasteiger charge is 2.03. The van der Waals surface area contributed by atoms with E-state index in [1.54, 1.807) is 0 Å². The van der Waals surface area contributed by atoms with E-state index in [9.17, 15) is 4.79 Å². The van der Waals surface area contributed by atoms with Gasteiger partial charge in [0.1, 0.15) is 0 Å². The average Bonchev–Trinajstić information content (AvgIpc) is 2.96. The summed E-state index contributed by atoms with van der Waals surface area (Å²) >= 11 is 0. The van der Waals surface area contributed by atoms with Gasteiger partial charge in [-0.3, -0.25) is 0 Å². The first-order valence-corrected chi connectivity index (χ1v) is 17.9. The minimum Gasteiger partial charge on any atom is -0.434 e. The largest absolute Gasteiger partial charge is 0.508 e. The lowest BCUT2D eigenvalue weighted by atomic mass is 10.1. The number of hydrogen-bond donors (Lipinski definition) is 0. The fraction of sp³-hybridized carbons (Fsp3) is 0.865. The summed E-state index contributed by atoms with van der Waals surface area (Å²) in [6.45, 7) is 5.54. The Labute approximate surface area is 251 Å². The number of carbonyl (C=O) groups is 1. The average molecular weight is 563 g/mol. The molecular weight excluding hydrogens is 492 g/mol. The van der Waals surface area contributed by atoms with Gasteiger partial charge >= 0.3 is 6.16 Å². The fourth-order valence-electron chi connectivity index (χ4n) is 5.05. The first kappa shape index (κ1) is 38.8. The Hall–Kier alpha value is -1.25. The molecule has 0 saturated carbocycles. The van der Waals surface area contributed by atoms with E-state index in [1.807, 2.05) is 0 Å². The van der Waals surface area contributed by atoms with Crippen molar-refractivity contribution >= 4 is 6.16 Å². The van der Waals surface area contributed by atoms with Gasteiger partial charge in [-0.1, -0.05) is 154 Å². The van der Waals surface area contributed by atoms with Gasteiger partial charge in [-0.15, -0.1) is 0 Å². The zero-order valence-electron chi connectivity index (χ0n) is 27.2. The maximum Gasteiger partial charge on any atom is 0.508 e. The van der Waals surface area contributed by atoms with E-state index in [4.69, 9.17) is 9.47 Å². The maximum atomic E-state index is 11.7. The van der Waals surface area contributed by atoms with Crippen molar-refractivity contribution in [2.45, 2.75) is 194 Å². The fourth-order valence-corrected chi connectivity index (χ4v) is 5.05. The Kier molecular flexibility index (Phi) is 34.7. The number of ether oxygens (including phenoxy) is 2. The molecule has 236 valence electrons. The molecule has 3 heteroatoms. The van der Waals surface area contributed by atoms with E-state index in [1.165, 1.54) is 154 Å². The van der Waals surface area contributed by atoms with Crippen molar-refractivity contribution < 1.29 is 14.3 Å². The van der Waals surface area contributed by atoms with E-state index < -0.39 is 6.16 Å². The zero-order chi connectivity index (χ0) is 29.0. The van der Waals surface area contributed by atoms with Gasteiger partial charge in [0.15, 0.2) is 0 Å². The summed E-state index contributed by atoms with van der Waals surface area (Å²) in [6.07, 6.45) is 45.0. The molecule has 0 saturated heterocycles. The first-order chi connectivity index (χ1) is 19.8. The Morgan fingerprint density at radius 2 is 0.625 bits per heavy atom. The second-order valence-corrected chi connectivity index (χ2v) is 11.8. The van der Waals surface area contributed by atoms with Crippen molar-refractivity contribution in [1.82, 2.24) is 0 Å². The molecule has 40 heavy (non-hydrogen) atoms. The topological polar surface area (TPSA) is 35.5 Å². The van der Waals surface area contributed by atoms with Crippen LogP contribution in [0.5, 0.6) is 0 Å². The Bertz CT molecular complexity index is 494. The van der Waals surface area contributed by atoms with Gasteiger partial charge in [0.2, 0.25) is 0 Å². The summed E-state index contributed by atoms with van der Waals surface area (Å²) < 4.78 is 10.4. The van der Waals surface area contributed by atoms with E-state index in [0.29, 0.717) is 13.2 Å². The first-order valence-electron chi connectivity index (χ1n) is 17.9. The molecule has 0 amide bonds. The van der Waals surface area contributed by atoms with Gasteiger partial charge < -0.3 is 9.47 Å². The molecule has 0 unspecified atom stereocenters. The van der Waals surface area contributed by atoms with Gasteiger partial charge in [-0.2, -0.15) is 0 Å². The number of rotatable bonds is 32. The predicted octanol–water partition coefficient (Wildman–Crippen LogP) is 13.2. The number of carbonyl (C=O) groups excluding carboxylic acids is 1. The van der Waals surface area contributed by atoms with Crippen LogP contribution < -0.4 is 0 Å². The molecule has 0 atom stereocenters. The molecule has 0 radical (unpaired) electrons. The molecule has 0 aromatic heterocycles. The van der Waals surface area contributed by atoms with Crippen molar-refractivity contribution in [3.8, 4) is 0 Å². The monoisotopic (exact) mass is 563 g/mol. The molecule has 0 bridgehead atoms. The smallest absolute Gasteiger partial charge is 0.434 e. The highest BCUT2D eigenvalue weighted by Crippen LogP contribution is 2.12. The van der Waals surface area contributed by atoms with Crippen LogP contribution in [0.25, 0.3) is 0 Å². The third-order valence-electron chi connectivity index (χ3n) is 7.75. The molecule has 3 nitrogen and oxygen atoms in total. The summed E-state index contributed by atoms with van der Waals surface area (Å²) in [6, 6.07) is 0. The van der Waals surface area contributed by atoms with Crippen LogP contribution in [0.15, 0.2) is 24.3 Å². The van der Waals surface area contributed by atoms with Gasteiger partial charge in [0.25, 0.3) is 0 Å². The van der Waals surface area contributed by atoms with Crippen molar-refractivity contribution in [3.63, 3.8) is 0 Å². The maximum absolute atomic E-state index is 11.7. The second-order valence-electron chi connectivity index (χ2n) is 11.8. The van der Waals surface area contributed by atoms with Crippen LogP contribution in [0.2, 0.25) is 0 Å². The molecule has 0 aromatic rings. The summed E-state index contributed by atoms with van der Waals surface area (Å²) in [5, 5.41) is 0. The Morgan fingerprint density at radius 3 is 0.925 bits per heavy atom. The summed E-state index contributed by atoms with van der Waals surface area (Å²) in [4.78, 5) is 11.7.